The standard InChI is InChI=1S/C33H38N6O4/c1-22-19-23(2)31(24(3)20-22)43-33(40)39(28-12-11-27(41-5)21-29(28)42-6)30-13-14-34-32(36-30)35-25-7-9-26(10-8-25)38-17-15-37(4)16-18-38/h7-14,19-21H,15-18H2,1-6H3,(H,34,35,36). The summed E-state index contributed by atoms with van der Waals surface area (Å²) in [4.78, 5) is 29.1. The summed E-state index contributed by atoms with van der Waals surface area (Å²) in [6, 6.07) is 19.0. The molecule has 10 nitrogen and oxygen atoms in total. The maximum atomic E-state index is 13.9. The van der Waals surface area contributed by atoms with Gasteiger partial charge in [0.25, 0.3) is 0 Å². The van der Waals surface area contributed by atoms with E-state index >= 15 is 0 Å². The van der Waals surface area contributed by atoms with Gasteiger partial charge in [0.15, 0.2) is 0 Å². The minimum absolute atomic E-state index is 0.308. The molecular weight excluding hydrogens is 544 g/mol. The number of carbonyl (C=O) groups excluding carboxylic acids is 1. The van der Waals surface area contributed by atoms with Crippen molar-refractivity contribution in [1.82, 2.24) is 14.9 Å². The van der Waals surface area contributed by atoms with E-state index in [4.69, 9.17) is 19.2 Å². The number of likely N-dealkylation sites (N-methyl/N-ethyl adjacent to an activating group) is 1. The summed E-state index contributed by atoms with van der Waals surface area (Å²) in [5.74, 6) is 2.15. The van der Waals surface area contributed by atoms with Crippen LogP contribution < -0.4 is 29.3 Å². The highest BCUT2D eigenvalue weighted by Crippen LogP contribution is 2.37. The predicted molar refractivity (Wildman–Crippen MR) is 170 cm³/mol. The lowest BCUT2D eigenvalue weighted by molar-refractivity contribution is 0.209. The van der Waals surface area contributed by atoms with Crippen LogP contribution in [-0.4, -0.2) is 68.4 Å². The zero-order valence-corrected chi connectivity index (χ0v) is 25.5. The van der Waals surface area contributed by atoms with Gasteiger partial charge in [-0.25, -0.2) is 14.7 Å². The van der Waals surface area contributed by atoms with Crippen LogP contribution in [0.4, 0.5) is 33.6 Å². The molecule has 1 aromatic heterocycles. The van der Waals surface area contributed by atoms with Gasteiger partial charge in [-0.15, -0.1) is 0 Å². The van der Waals surface area contributed by atoms with Crippen LogP contribution in [0.2, 0.25) is 0 Å². The Bertz CT molecular complexity index is 1560. The summed E-state index contributed by atoms with van der Waals surface area (Å²) in [6.45, 7) is 9.93. The van der Waals surface area contributed by atoms with Crippen LogP contribution in [0.1, 0.15) is 16.7 Å². The Kier molecular flexibility index (Phi) is 8.96. The molecule has 1 fully saturated rings. The molecule has 0 spiro atoms. The molecule has 4 aromatic rings. The number of nitrogens with zero attached hydrogens (tertiary/aromatic N) is 5. The van der Waals surface area contributed by atoms with Gasteiger partial charge in [-0.3, -0.25) is 0 Å². The van der Waals surface area contributed by atoms with E-state index in [0.29, 0.717) is 34.7 Å². The molecule has 1 aliphatic rings. The molecule has 10 heteroatoms. The Balaban J connectivity index is 1.45. The first-order chi connectivity index (χ1) is 20.7. The normalized spacial score (nSPS) is 13.4. The topological polar surface area (TPSA) is 92.3 Å². The third-order valence-electron chi connectivity index (χ3n) is 7.47. The van der Waals surface area contributed by atoms with Crippen molar-refractivity contribution in [2.75, 3.05) is 62.6 Å². The molecule has 0 radical (unpaired) electrons. The second kappa shape index (κ2) is 13.0. The van der Waals surface area contributed by atoms with Crippen LogP contribution in [0.3, 0.4) is 0 Å². The summed E-state index contributed by atoms with van der Waals surface area (Å²) in [6.07, 6.45) is 0.960. The lowest BCUT2D eigenvalue weighted by Gasteiger charge is -2.34. The maximum Gasteiger partial charge on any atom is 0.425 e. The van der Waals surface area contributed by atoms with Crippen molar-refractivity contribution in [2.24, 2.45) is 0 Å². The molecule has 224 valence electrons. The molecule has 1 aliphatic heterocycles. The van der Waals surface area contributed by atoms with Gasteiger partial charge in [-0.1, -0.05) is 17.7 Å². The number of amides is 1. The Hall–Kier alpha value is -4.83. The van der Waals surface area contributed by atoms with E-state index in [0.717, 1.165) is 48.6 Å². The average molecular weight is 583 g/mol. The van der Waals surface area contributed by atoms with Crippen molar-refractivity contribution >= 4 is 34.9 Å². The fraction of sp³-hybridized carbons (Fsp3) is 0.303. The summed E-state index contributed by atoms with van der Waals surface area (Å²) in [7, 11) is 5.26. The van der Waals surface area contributed by atoms with E-state index in [2.05, 4.69) is 39.3 Å². The molecule has 0 bridgehead atoms. The van der Waals surface area contributed by atoms with E-state index < -0.39 is 6.09 Å². The van der Waals surface area contributed by atoms with Gasteiger partial charge in [0.05, 0.1) is 19.9 Å². The zero-order chi connectivity index (χ0) is 30.5. The number of ether oxygens (including phenoxy) is 3. The first kappa shape index (κ1) is 29.7. The molecule has 0 atom stereocenters. The van der Waals surface area contributed by atoms with Crippen molar-refractivity contribution < 1.29 is 19.0 Å². The smallest absolute Gasteiger partial charge is 0.425 e. The number of rotatable bonds is 8. The van der Waals surface area contributed by atoms with Gasteiger partial charge in [-0.05, 0) is 75.3 Å². The van der Waals surface area contributed by atoms with Crippen LogP contribution in [0.15, 0.2) is 66.9 Å². The average Bonchev–Trinajstić information content (AvgIpc) is 3.00. The molecule has 0 saturated carbocycles. The summed E-state index contributed by atoms with van der Waals surface area (Å²) in [5.41, 5.74) is 5.26. The highest BCUT2D eigenvalue weighted by molar-refractivity contribution is 5.98. The number of carbonyl (C=O) groups is 1. The molecule has 3 aromatic carbocycles. The monoisotopic (exact) mass is 582 g/mol. The Morgan fingerprint density at radius 2 is 1.58 bits per heavy atom. The van der Waals surface area contributed by atoms with E-state index in [-0.39, 0.29) is 0 Å². The highest BCUT2D eigenvalue weighted by atomic mass is 16.6. The molecule has 2 heterocycles. The van der Waals surface area contributed by atoms with Crippen LogP contribution in [-0.2, 0) is 0 Å². The van der Waals surface area contributed by atoms with Gasteiger partial charge in [-0.2, -0.15) is 4.98 Å². The van der Waals surface area contributed by atoms with E-state index in [1.807, 2.05) is 45.0 Å². The van der Waals surface area contributed by atoms with Gasteiger partial charge in [0.1, 0.15) is 23.1 Å². The summed E-state index contributed by atoms with van der Waals surface area (Å²) >= 11 is 0. The van der Waals surface area contributed by atoms with E-state index in [1.165, 1.54) is 17.7 Å². The second-order valence-corrected chi connectivity index (χ2v) is 10.7. The van der Waals surface area contributed by atoms with Crippen molar-refractivity contribution in [3.05, 3.63) is 83.6 Å². The van der Waals surface area contributed by atoms with Crippen molar-refractivity contribution in [2.45, 2.75) is 20.8 Å². The molecule has 1 saturated heterocycles. The van der Waals surface area contributed by atoms with Crippen LogP contribution in [0.25, 0.3) is 0 Å². The Morgan fingerprint density at radius 3 is 2.23 bits per heavy atom. The number of aromatic nitrogens is 2. The molecule has 43 heavy (non-hydrogen) atoms. The highest BCUT2D eigenvalue weighted by Gasteiger charge is 2.27. The van der Waals surface area contributed by atoms with Crippen molar-refractivity contribution in [3.63, 3.8) is 0 Å². The van der Waals surface area contributed by atoms with Gasteiger partial charge in [0.2, 0.25) is 5.95 Å². The molecule has 1 amide bonds. The SMILES string of the molecule is COc1ccc(N(C(=O)Oc2c(C)cc(C)cc2C)c2ccnc(Nc3ccc(N4CCN(C)CC4)cc3)n2)c(OC)c1. The lowest BCUT2D eigenvalue weighted by atomic mass is 10.1. The third kappa shape index (κ3) is 6.81. The van der Waals surface area contributed by atoms with E-state index in [9.17, 15) is 4.79 Å². The fourth-order valence-electron chi connectivity index (χ4n) is 5.23. The number of aryl methyl sites for hydroxylation is 3. The quantitative estimate of drug-likeness (QED) is 0.259. The van der Waals surface area contributed by atoms with Crippen molar-refractivity contribution in [3.8, 4) is 17.2 Å². The Morgan fingerprint density at radius 1 is 0.884 bits per heavy atom. The predicted octanol–water partition coefficient (Wildman–Crippen LogP) is 6.25. The number of hydrogen-bond donors (Lipinski definition) is 1. The largest absolute Gasteiger partial charge is 0.497 e. The van der Waals surface area contributed by atoms with Crippen LogP contribution in [0.5, 0.6) is 17.2 Å². The number of benzene rings is 3. The van der Waals surface area contributed by atoms with Crippen molar-refractivity contribution in [1.29, 1.82) is 0 Å². The van der Waals surface area contributed by atoms with E-state index in [1.54, 1.807) is 37.6 Å². The third-order valence-corrected chi connectivity index (χ3v) is 7.47. The van der Waals surface area contributed by atoms with Gasteiger partial charge >= 0.3 is 6.09 Å². The number of methoxy groups -OCH3 is 2. The van der Waals surface area contributed by atoms with Gasteiger partial charge < -0.3 is 29.3 Å². The molecule has 1 N–H and O–H groups in total. The molecule has 0 aliphatic carbocycles. The van der Waals surface area contributed by atoms with Crippen LogP contribution in [0, 0.1) is 20.8 Å². The summed E-state index contributed by atoms with van der Waals surface area (Å²) in [5, 5.41) is 3.27. The second-order valence-electron chi connectivity index (χ2n) is 10.7. The molecule has 5 rings (SSSR count). The molecular formula is C33H38N6O4. The summed E-state index contributed by atoms with van der Waals surface area (Å²) < 4.78 is 17.0. The number of hydrogen-bond acceptors (Lipinski definition) is 9. The first-order valence-electron chi connectivity index (χ1n) is 14.2. The first-order valence-corrected chi connectivity index (χ1v) is 14.2. The maximum absolute atomic E-state index is 13.9. The van der Waals surface area contributed by atoms with Crippen LogP contribution >= 0.6 is 0 Å². The lowest BCUT2D eigenvalue weighted by Crippen LogP contribution is -2.44. The molecule has 0 unspecified atom stereocenters. The minimum Gasteiger partial charge on any atom is -0.497 e. The zero-order valence-electron chi connectivity index (χ0n) is 25.5. The Labute approximate surface area is 252 Å². The number of nitrogens with one attached hydrogen (secondary N) is 1. The minimum atomic E-state index is -0.639. The number of anilines is 5. The van der Waals surface area contributed by atoms with Gasteiger partial charge in [0, 0.05) is 55.9 Å². The number of piperazine rings is 1. The fourth-order valence-corrected chi connectivity index (χ4v) is 5.23.